The van der Waals surface area contributed by atoms with E-state index in [9.17, 15) is 13.2 Å². The zero-order valence-corrected chi connectivity index (χ0v) is 16.1. The minimum Gasteiger partial charge on any atom is -0.475 e. The van der Waals surface area contributed by atoms with Crippen LogP contribution in [0, 0.1) is 6.92 Å². The van der Waals surface area contributed by atoms with Crippen LogP contribution in [0.4, 0.5) is 30.5 Å². The smallest absolute Gasteiger partial charge is 0.475 e. The van der Waals surface area contributed by atoms with Crippen LogP contribution in [0.15, 0.2) is 55.0 Å². The molecule has 0 saturated heterocycles. The number of H-pyrrole nitrogens is 1. The highest BCUT2D eigenvalue weighted by Gasteiger charge is 2.38. The number of aromatic nitrogens is 4. The maximum atomic E-state index is 10.6. The number of carboxylic acids is 1. The van der Waals surface area contributed by atoms with Crippen molar-refractivity contribution in [3.8, 4) is 11.3 Å². The number of aromatic amines is 1. The zero-order chi connectivity index (χ0) is 22.6. The van der Waals surface area contributed by atoms with Crippen LogP contribution in [0.2, 0.25) is 0 Å². The third-order valence-corrected chi connectivity index (χ3v) is 4.02. The molecule has 0 bridgehead atoms. The summed E-state index contributed by atoms with van der Waals surface area (Å²) in [5.41, 5.74) is 10.7. The van der Waals surface area contributed by atoms with Gasteiger partial charge in [-0.15, -0.1) is 0 Å². The Morgan fingerprint density at radius 2 is 1.94 bits per heavy atom. The predicted molar refractivity (Wildman–Crippen MR) is 110 cm³/mol. The molecule has 11 heteroatoms. The molecule has 0 aliphatic carbocycles. The number of nitrogens with two attached hydrogens (primary N) is 1. The SMILES string of the molecule is Cc1cc2cc(Nc3nc(-c4cccnc4)cnc3N)ccc2[nH]1.O=C(O)C(F)(F)F. The van der Waals surface area contributed by atoms with Crippen LogP contribution in [0.1, 0.15) is 5.69 Å². The maximum absolute atomic E-state index is 10.6. The van der Waals surface area contributed by atoms with E-state index in [4.69, 9.17) is 15.6 Å². The summed E-state index contributed by atoms with van der Waals surface area (Å²) in [6.07, 6.45) is 0.0380. The summed E-state index contributed by atoms with van der Waals surface area (Å²) in [6, 6.07) is 12.0. The van der Waals surface area contributed by atoms with E-state index in [1.807, 2.05) is 31.2 Å². The third-order valence-electron chi connectivity index (χ3n) is 4.02. The molecule has 0 saturated carbocycles. The average Bonchev–Trinajstić information content (AvgIpc) is 3.09. The number of hydrogen-bond acceptors (Lipinski definition) is 6. The second-order valence-corrected chi connectivity index (χ2v) is 6.41. The Hall–Kier alpha value is -4.15. The van der Waals surface area contributed by atoms with Crippen molar-refractivity contribution in [1.29, 1.82) is 0 Å². The summed E-state index contributed by atoms with van der Waals surface area (Å²) in [4.78, 5) is 25.1. The molecule has 0 atom stereocenters. The number of rotatable bonds is 3. The first-order valence-corrected chi connectivity index (χ1v) is 8.83. The molecule has 0 aliphatic heterocycles. The molecular weight excluding hydrogens is 413 g/mol. The highest BCUT2D eigenvalue weighted by molar-refractivity contribution is 5.85. The van der Waals surface area contributed by atoms with Gasteiger partial charge in [0.25, 0.3) is 0 Å². The number of hydrogen-bond donors (Lipinski definition) is 4. The molecule has 1 aromatic carbocycles. The number of alkyl halides is 3. The van der Waals surface area contributed by atoms with E-state index in [0.29, 0.717) is 11.6 Å². The van der Waals surface area contributed by atoms with Crippen molar-refractivity contribution in [2.24, 2.45) is 0 Å². The number of benzene rings is 1. The highest BCUT2D eigenvalue weighted by atomic mass is 19.4. The Kier molecular flexibility index (Phi) is 6.05. The lowest BCUT2D eigenvalue weighted by Crippen LogP contribution is -2.21. The number of fused-ring (bicyclic) bond motifs is 1. The molecule has 31 heavy (non-hydrogen) atoms. The number of carboxylic acid groups (broad SMARTS) is 1. The Balaban J connectivity index is 0.000000339. The predicted octanol–water partition coefficient (Wildman–Crippen LogP) is 4.29. The van der Waals surface area contributed by atoms with Crippen molar-refractivity contribution in [1.82, 2.24) is 19.9 Å². The van der Waals surface area contributed by atoms with Crippen molar-refractivity contribution < 1.29 is 23.1 Å². The van der Waals surface area contributed by atoms with Gasteiger partial charge in [-0.05, 0) is 43.3 Å². The largest absolute Gasteiger partial charge is 0.490 e. The number of nitrogen functional groups attached to an aromatic ring is 1. The average molecular weight is 430 g/mol. The standard InChI is InChI=1S/C18H16N6.C2HF3O2/c1-11-7-13-8-14(4-5-15(13)22-11)23-18-17(19)21-10-16(24-18)12-3-2-6-20-9-12;3-2(4,5)1(6)7/h2-10,22H,1H3,(H2,19,21)(H,23,24);(H,6,7). The zero-order valence-electron chi connectivity index (χ0n) is 16.1. The summed E-state index contributed by atoms with van der Waals surface area (Å²) >= 11 is 0. The summed E-state index contributed by atoms with van der Waals surface area (Å²) in [5, 5.41) is 11.5. The van der Waals surface area contributed by atoms with E-state index in [1.165, 1.54) is 0 Å². The summed E-state index contributed by atoms with van der Waals surface area (Å²) < 4.78 is 31.7. The molecular formula is C20H17F3N6O2. The molecule has 0 spiro atoms. The monoisotopic (exact) mass is 430 g/mol. The number of nitrogens with one attached hydrogen (secondary N) is 2. The van der Waals surface area contributed by atoms with Crippen molar-refractivity contribution >= 4 is 34.2 Å². The number of aryl methyl sites for hydroxylation is 1. The van der Waals surface area contributed by atoms with E-state index in [2.05, 4.69) is 37.4 Å². The summed E-state index contributed by atoms with van der Waals surface area (Å²) in [5.74, 6) is -1.87. The quantitative estimate of drug-likeness (QED) is 0.381. The Bertz CT molecular complexity index is 1210. The molecule has 0 unspecified atom stereocenters. The lowest BCUT2D eigenvalue weighted by atomic mass is 10.2. The van der Waals surface area contributed by atoms with Crippen LogP contribution in [0.5, 0.6) is 0 Å². The molecule has 0 radical (unpaired) electrons. The number of pyridine rings is 1. The van der Waals surface area contributed by atoms with Gasteiger partial charge in [0, 0.05) is 40.2 Å². The number of nitrogens with zero attached hydrogens (tertiary/aromatic N) is 3. The van der Waals surface area contributed by atoms with Crippen molar-refractivity contribution in [3.63, 3.8) is 0 Å². The van der Waals surface area contributed by atoms with Gasteiger partial charge < -0.3 is 21.1 Å². The van der Waals surface area contributed by atoms with Gasteiger partial charge in [0.05, 0.1) is 11.9 Å². The number of aliphatic carboxylic acids is 1. The first-order chi connectivity index (χ1) is 14.6. The highest BCUT2D eigenvalue weighted by Crippen LogP contribution is 2.26. The van der Waals surface area contributed by atoms with Gasteiger partial charge >= 0.3 is 12.1 Å². The van der Waals surface area contributed by atoms with E-state index in [-0.39, 0.29) is 0 Å². The summed E-state index contributed by atoms with van der Waals surface area (Å²) in [6.45, 7) is 2.04. The minimum atomic E-state index is -5.08. The molecule has 4 rings (SSSR count). The number of carbonyl (C=O) groups is 1. The van der Waals surface area contributed by atoms with Crippen LogP contribution in [0.3, 0.4) is 0 Å². The Labute approximate surface area is 174 Å². The molecule has 160 valence electrons. The third kappa shape index (κ3) is 5.47. The fourth-order valence-corrected chi connectivity index (χ4v) is 2.64. The van der Waals surface area contributed by atoms with Gasteiger partial charge in [-0.1, -0.05) is 0 Å². The van der Waals surface area contributed by atoms with Gasteiger partial charge in [-0.3, -0.25) is 4.98 Å². The lowest BCUT2D eigenvalue weighted by molar-refractivity contribution is -0.192. The van der Waals surface area contributed by atoms with E-state index in [0.717, 1.165) is 33.5 Å². The molecule has 5 N–H and O–H groups in total. The fourth-order valence-electron chi connectivity index (χ4n) is 2.64. The van der Waals surface area contributed by atoms with Gasteiger partial charge in [0.15, 0.2) is 11.6 Å². The molecule has 3 heterocycles. The molecule has 8 nitrogen and oxygen atoms in total. The molecule has 0 aliphatic rings. The molecule has 3 aromatic heterocycles. The Morgan fingerprint density at radius 1 is 1.19 bits per heavy atom. The molecule has 0 amide bonds. The van der Waals surface area contributed by atoms with Crippen molar-refractivity contribution in [2.45, 2.75) is 13.1 Å². The van der Waals surface area contributed by atoms with E-state index >= 15 is 0 Å². The lowest BCUT2D eigenvalue weighted by Gasteiger charge is -2.09. The van der Waals surface area contributed by atoms with Crippen LogP contribution < -0.4 is 11.1 Å². The van der Waals surface area contributed by atoms with E-state index < -0.39 is 12.1 Å². The maximum Gasteiger partial charge on any atom is 0.490 e. The first kappa shape index (κ1) is 21.6. The van der Waals surface area contributed by atoms with Crippen molar-refractivity contribution in [2.75, 3.05) is 11.1 Å². The van der Waals surface area contributed by atoms with Gasteiger partial charge in [0.2, 0.25) is 0 Å². The van der Waals surface area contributed by atoms with Gasteiger partial charge in [-0.25, -0.2) is 14.8 Å². The van der Waals surface area contributed by atoms with Gasteiger partial charge in [0.1, 0.15) is 0 Å². The number of anilines is 3. The first-order valence-electron chi connectivity index (χ1n) is 8.83. The normalized spacial score (nSPS) is 11.0. The van der Waals surface area contributed by atoms with Crippen molar-refractivity contribution in [3.05, 3.63) is 60.7 Å². The van der Waals surface area contributed by atoms with Crippen LogP contribution in [-0.4, -0.2) is 37.2 Å². The summed E-state index contributed by atoms with van der Waals surface area (Å²) in [7, 11) is 0. The molecule has 4 aromatic rings. The van der Waals surface area contributed by atoms with Crippen LogP contribution >= 0.6 is 0 Å². The second kappa shape index (κ2) is 8.69. The van der Waals surface area contributed by atoms with E-state index in [1.54, 1.807) is 18.6 Å². The fraction of sp³-hybridized carbons (Fsp3) is 0.100. The van der Waals surface area contributed by atoms with Gasteiger partial charge in [-0.2, -0.15) is 13.2 Å². The number of halogens is 3. The van der Waals surface area contributed by atoms with Crippen LogP contribution in [-0.2, 0) is 4.79 Å². The Morgan fingerprint density at radius 3 is 2.58 bits per heavy atom. The second-order valence-electron chi connectivity index (χ2n) is 6.41. The molecule has 0 fully saturated rings. The van der Waals surface area contributed by atoms with Crippen LogP contribution in [0.25, 0.3) is 22.2 Å². The topological polar surface area (TPSA) is 130 Å². The minimum absolute atomic E-state index is 0.355.